The number of carbonyl (C=O) groups excluding carboxylic acids is 1. The van der Waals surface area contributed by atoms with Gasteiger partial charge >= 0.3 is 16.3 Å². The van der Waals surface area contributed by atoms with Gasteiger partial charge in [0.25, 0.3) is 5.91 Å². The lowest BCUT2D eigenvalue weighted by Crippen LogP contribution is -2.30. The summed E-state index contributed by atoms with van der Waals surface area (Å²) >= 11 is 0. The van der Waals surface area contributed by atoms with E-state index in [0.29, 0.717) is 16.6 Å². The average Bonchev–Trinajstić information content (AvgIpc) is 2.72. The second kappa shape index (κ2) is 9.40. The summed E-state index contributed by atoms with van der Waals surface area (Å²) in [5, 5.41) is 22.1. The normalized spacial score (nSPS) is 11.5. The van der Waals surface area contributed by atoms with Crippen molar-refractivity contribution in [2.45, 2.75) is 6.54 Å². The predicted octanol–water partition coefficient (Wildman–Crippen LogP) is 1.70. The molecule has 1 aromatic heterocycles. The van der Waals surface area contributed by atoms with Crippen molar-refractivity contribution in [3.05, 3.63) is 53.9 Å². The minimum Gasteiger partial charge on any atom is -0.505 e. The van der Waals surface area contributed by atoms with Gasteiger partial charge in [-0.2, -0.15) is 8.42 Å². The first kappa shape index (κ1) is 23.9. The van der Waals surface area contributed by atoms with Gasteiger partial charge in [0.15, 0.2) is 11.4 Å². The van der Waals surface area contributed by atoms with E-state index in [4.69, 9.17) is 5.11 Å². The maximum Gasteiger partial charge on any atom is 0.357 e. The van der Waals surface area contributed by atoms with Crippen LogP contribution in [0, 0.1) is 0 Å². The van der Waals surface area contributed by atoms with Crippen molar-refractivity contribution in [3.63, 3.8) is 0 Å². The number of carbonyl (C=O) groups is 2. The maximum absolute atomic E-state index is 12.5. The van der Waals surface area contributed by atoms with E-state index in [9.17, 15) is 27.7 Å². The first-order valence-electron chi connectivity index (χ1n) is 9.61. The molecule has 5 N–H and O–H groups in total. The summed E-state index contributed by atoms with van der Waals surface area (Å²) in [6, 6.07) is 12.1. The summed E-state index contributed by atoms with van der Waals surface area (Å²) in [5.74, 6) is -2.92. The summed E-state index contributed by atoms with van der Waals surface area (Å²) in [4.78, 5) is 29.4. The number of benzene rings is 2. The molecule has 0 saturated carbocycles. The lowest BCUT2D eigenvalue weighted by Gasteiger charge is -2.18. The lowest BCUT2D eigenvalue weighted by atomic mass is 9.97. The van der Waals surface area contributed by atoms with Crippen LogP contribution in [0.3, 0.4) is 0 Å². The zero-order chi connectivity index (χ0) is 24.3. The number of anilines is 1. The largest absolute Gasteiger partial charge is 0.505 e. The summed E-state index contributed by atoms with van der Waals surface area (Å²) in [5.41, 5.74) is 0.965. The Morgan fingerprint density at radius 3 is 2.33 bits per heavy atom. The van der Waals surface area contributed by atoms with Crippen LogP contribution in [0.5, 0.6) is 5.75 Å². The van der Waals surface area contributed by atoms with Crippen LogP contribution in [-0.2, 0) is 21.6 Å². The molecule has 0 aliphatic carbocycles. The van der Waals surface area contributed by atoms with Crippen LogP contribution in [0.15, 0.2) is 42.5 Å². The zero-order valence-electron chi connectivity index (χ0n) is 17.7. The van der Waals surface area contributed by atoms with Crippen LogP contribution in [0.2, 0.25) is 0 Å². The molecular weight excluding hydrogens is 452 g/mol. The van der Waals surface area contributed by atoms with Crippen molar-refractivity contribution in [2.24, 2.45) is 0 Å². The van der Waals surface area contributed by atoms with Crippen molar-refractivity contribution >= 4 is 38.6 Å². The number of aromatic hydroxyl groups is 1. The predicted molar refractivity (Wildman–Crippen MR) is 121 cm³/mol. The molecule has 174 valence electrons. The third kappa shape index (κ3) is 5.74. The number of carboxylic acids is 1. The van der Waals surface area contributed by atoms with Crippen molar-refractivity contribution in [1.29, 1.82) is 0 Å². The Morgan fingerprint density at radius 1 is 1.09 bits per heavy atom. The molecular formula is C21H22N4O7S. The van der Waals surface area contributed by atoms with E-state index in [0.717, 1.165) is 5.56 Å². The van der Waals surface area contributed by atoms with Gasteiger partial charge in [0.2, 0.25) is 0 Å². The van der Waals surface area contributed by atoms with E-state index in [1.807, 2.05) is 10.8 Å². The average molecular weight is 474 g/mol. The van der Waals surface area contributed by atoms with Crippen molar-refractivity contribution in [2.75, 3.05) is 25.4 Å². The van der Waals surface area contributed by atoms with Gasteiger partial charge in [0.05, 0.1) is 16.8 Å². The monoisotopic (exact) mass is 474 g/mol. The number of fused-ring (bicyclic) bond motifs is 1. The van der Waals surface area contributed by atoms with E-state index in [1.54, 1.807) is 49.3 Å². The lowest BCUT2D eigenvalue weighted by molar-refractivity contribution is -0.135. The summed E-state index contributed by atoms with van der Waals surface area (Å²) < 4.78 is 34.7. The van der Waals surface area contributed by atoms with Crippen molar-refractivity contribution < 1.29 is 32.8 Å². The Balaban J connectivity index is 2.36. The molecule has 12 heteroatoms. The second-order valence-corrected chi connectivity index (χ2v) is 8.61. The molecule has 33 heavy (non-hydrogen) atoms. The highest BCUT2D eigenvalue weighted by molar-refractivity contribution is 7.87. The minimum absolute atomic E-state index is 0.0698. The zero-order valence-corrected chi connectivity index (χ0v) is 18.5. The number of hydrogen-bond donors (Lipinski definition) is 5. The molecule has 0 aliphatic heterocycles. The molecule has 3 aromatic rings. The van der Waals surface area contributed by atoms with E-state index >= 15 is 0 Å². The molecule has 0 saturated heterocycles. The third-order valence-electron chi connectivity index (χ3n) is 4.58. The summed E-state index contributed by atoms with van der Waals surface area (Å²) in [7, 11) is -1.24. The number of carboxylic acid groups (broad SMARTS) is 1. The summed E-state index contributed by atoms with van der Waals surface area (Å²) in [6.07, 6.45) is 0. The van der Waals surface area contributed by atoms with Crippen molar-refractivity contribution in [3.8, 4) is 16.9 Å². The van der Waals surface area contributed by atoms with E-state index < -0.39 is 40.2 Å². The quantitative estimate of drug-likeness (QED) is 0.305. The fourth-order valence-electron chi connectivity index (χ4n) is 3.33. The van der Waals surface area contributed by atoms with Crippen LogP contribution >= 0.6 is 0 Å². The number of hydrogen-bond acceptors (Lipinski definition) is 7. The third-order valence-corrected chi connectivity index (χ3v) is 5.06. The number of aromatic nitrogens is 1. The van der Waals surface area contributed by atoms with Crippen LogP contribution in [0.1, 0.15) is 16.2 Å². The Morgan fingerprint density at radius 2 is 1.76 bits per heavy atom. The summed E-state index contributed by atoms with van der Waals surface area (Å²) in [6.45, 7) is -0.496. The number of nitrogens with zero attached hydrogens (tertiary/aromatic N) is 2. The Labute approximate surface area is 189 Å². The highest BCUT2D eigenvalue weighted by atomic mass is 32.2. The van der Waals surface area contributed by atoms with Gasteiger partial charge in [0, 0.05) is 11.9 Å². The molecule has 1 heterocycles. The van der Waals surface area contributed by atoms with Gasteiger partial charge in [0.1, 0.15) is 6.54 Å². The number of rotatable bonds is 8. The first-order valence-corrected chi connectivity index (χ1v) is 11.0. The van der Waals surface area contributed by atoms with Crippen molar-refractivity contribution in [1.82, 2.24) is 15.2 Å². The fraction of sp³-hybridized carbons (Fsp3) is 0.190. The molecule has 11 nitrogen and oxygen atoms in total. The van der Waals surface area contributed by atoms with Crippen LogP contribution in [-0.4, -0.2) is 65.6 Å². The van der Waals surface area contributed by atoms with Gasteiger partial charge in [-0.1, -0.05) is 30.3 Å². The van der Waals surface area contributed by atoms with E-state index in [-0.39, 0.29) is 17.6 Å². The Kier molecular flexibility index (Phi) is 6.81. The molecule has 0 fully saturated rings. The molecule has 0 unspecified atom stereocenters. The molecule has 0 radical (unpaired) electrons. The van der Waals surface area contributed by atoms with Crippen LogP contribution in [0.4, 0.5) is 5.69 Å². The number of nitrogens with one attached hydrogen (secondary N) is 2. The smallest absolute Gasteiger partial charge is 0.357 e. The highest BCUT2D eigenvalue weighted by Crippen LogP contribution is 2.39. The molecule has 3 rings (SSSR count). The van der Waals surface area contributed by atoms with Gasteiger partial charge in [-0.15, -0.1) is 0 Å². The van der Waals surface area contributed by atoms with Gasteiger partial charge < -0.3 is 20.4 Å². The van der Waals surface area contributed by atoms with Gasteiger partial charge in [-0.25, -0.2) is 4.98 Å². The number of pyridine rings is 1. The minimum atomic E-state index is -4.75. The second-order valence-electron chi connectivity index (χ2n) is 7.46. The van der Waals surface area contributed by atoms with Gasteiger partial charge in [-0.05, 0) is 37.4 Å². The number of amides is 1. The molecule has 0 atom stereocenters. The highest BCUT2D eigenvalue weighted by Gasteiger charge is 2.24. The SMILES string of the molecule is CN(C)Cc1nc(C(=O)NCC(=O)O)c(O)c2c(NS(=O)(=O)O)cc(-c3ccccc3)cc12. The molecule has 2 aromatic carbocycles. The molecule has 0 spiro atoms. The fourth-order valence-corrected chi connectivity index (χ4v) is 3.76. The number of aliphatic carboxylic acids is 1. The van der Waals surface area contributed by atoms with Gasteiger partial charge in [-0.3, -0.25) is 18.9 Å². The Hall–Kier alpha value is -3.74. The standard InChI is InChI=1S/C21H22N4O7S/c1-25(2)11-16-14-8-13(12-6-4-3-5-7-12)9-15(24-33(30,31)32)18(14)20(28)19(23-16)21(29)22-10-17(26)27/h3-9,24,28H,10-11H2,1-2H3,(H,22,29)(H,26,27)(H,30,31,32). The van der Waals surface area contributed by atoms with Crippen LogP contribution < -0.4 is 10.0 Å². The topological polar surface area (TPSA) is 169 Å². The van der Waals surface area contributed by atoms with Crippen LogP contribution in [0.25, 0.3) is 21.9 Å². The molecule has 0 aliphatic rings. The molecule has 1 amide bonds. The Bertz CT molecular complexity index is 1330. The maximum atomic E-state index is 12.5. The van der Waals surface area contributed by atoms with E-state index in [2.05, 4.69) is 10.3 Å². The molecule has 0 bridgehead atoms. The first-order chi connectivity index (χ1) is 15.5. The van der Waals surface area contributed by atoms with E-state index in [1.165, 1.54) is 6.07 Å².